The van der Waals surface area contributed by atoms with Gasteiger partial charge in [0.2, 0.25) is 0 Å². The molecule has 0 aliphatic heterocycles. The summed E-state index contributed by atoms with van der Waals surface area (Å²) in [5.41, 5.74) is 2.22. The monoisotopic (exact) mass is 371 g/mol. The maximum atomic E-state index is 11.8. The lowest BCUT2D eigenvalue weighted by atomic mass is 10.1. The average Bonchev–Trinajstić information content (AvgIpc) is 2.67. The smallest absolute Gasteiger partial charge is 0.344 e. The Morgan fingerprint density at radius 2 is 1.85 bits per heavy atom. The Balaban J connectivity index is 2.43. The fraction of sp³-hybridized carbons (Fsp3) is 0.250. The van der Waals surface area contributed by atoms with Crippen LogP contribution in [0.15, 0.2) is 41.4 Å². The van der Waals surface area contributed by atoms with Crippen LogP contribution in [-0.2, 0) is 9.53 Å². The van der Waals surface area contributed by atoms with Crippen molar-refractivity contribution >= 4 is 23.8 Å². The number of carbonyl (C=O) groups is 2. The molecule has 0 aliphatic carbocycles. The number of rotatable bonds is 7. The molecule has 2 aromatic rings. The van der Waals surface area contributed by atoms with Gasteiger partial charge in [0.05, 0.1) is 25.5 Å². The van der Waals surface area contributed by atoms with Gasteiger partial charge in [-0.2, -0.15) is 0 Å². The lowest BCUT2D eigenvalue weighted by Crippen LogP contribution is -2.23. The molecule has 7 heteroatoms. The number of aliphatic imine (C=N–C) groups is 1. The van der Waals surface area contributed by atoms with Crippen molar-refractivity contribution in [1.82, 2.24) is 0 Å². The molecule has 0 bridgehead atoms. The minimum atomic E-state index is -1.09. The van der Waals surface area contributed by atoms with Gasteiger partial charge in [-0.1, -0.05) is 12.1 Å². The molecule has 2 rings (SSSR count). The van der Waals surface area contributed by atoms with E-state index in [4.69, 9.17) is 19.3 Å². The van der Waals surface area contributed by atoms with Crippen LogP contribution in [0.3, 0.4) is 0 Å². The van der Waals surface area contributed by atoms with Gasteiger partial charge in [0, 0.05) is 11.8 Å². The van der Waals surface area contributed by atoms with Gasteiger partial charge in [0.15, 0.2) is 17.6 Å². The second kappa shape index (κ2) is 8.84. The minimum absolute atomic E-state index is 0.278. The first-order valence-corrected chi connectivity index (χ1v) is 8.17. The van der Waals surface area contributed by atoms with Crippen LogP contribution in [0.2, 0.25) is 0 Å². The summed E-state index contributed by atoms with van der Waals surface area (Å²) in [5, 5.41) is 9.10. The number of para-hydroxylation sites is 1. The number of ether oxygens (including phenoxy) is 3. The summed E-state index contributed by atoms with van der Waals surface area (Å²) in [4.78, 5) is 27.4. The molecule has 0 spiro atoms. The number of nitrogens with zero attached hydrogens (tertiary/aromatic N) is 1. The Kier molecular flexibility index (Phi) is 6.54. The van der Waals surface area contributed by atoms with Crippen molar-refractivity contribution in [2.45, 2.75) is 20.0 Å². The highest BCUT2D eigenvalue weighted by atomic mass is 16.5. The predicted molar refractivity (Wildman–Crippen MR) is 100 cm³/mol. The standard InChI is InChI=1S/C20H21NO6/c1-12-15(20(24)26-4)8-6-9-16(12)21-11-14-7-5-10-17(25-3)18(14)27-13(2)19(22)23/h5-11,13H,1-4H3,(H,22,23)/t13-/m1/s1. The van der Waals surface area contributed by atoms with Crippen LogP contribution in [0.5, 0.6) is 11.5 Å². The second-order valence-corrected chi connectivity index (χ2v) is 5.68. The first kappa shape index (κ1) is 20.0. The molecule has 0 fully saturated rings. The Hall–Kier alpha value is -3.35. The highest BCUT2D eigenvalue weighted by Crippen LogP contribution is 2.32. The first-order valence-electron chi connectivity index (χ1n) is 8.17. The van der Waals surface area contributed by atoms with Crippen LogP contribution in [0.4, 0.5) is 5.69 Å². The van der Waals surface area contributed by atoms with Crippen molar-refractivity contribution in [2.24, 2.45) is 4.99 Å². The number of methoxy groups -OCH3 is 2. The van der Waals surface area contributed by atoms with E-state index in [2.05, 4.69) is 4.99 Å². The predicted octanol–water partition coefficient (Wildman–Crippen LogP) is 3.39. The Morgan fingerprint density at radius 1 is 1.15 bits per heavy atom. The molecule has 0 saturated heterocycles. The van der Waals surface area contributed by atoms with Crippen molar-refractivity contribution < 1.29 is 28.9 Å². The van der Waals surface area contributed by atoms with Crippen LogP contribution >= 0.6 is 0 Å². The third kappa shape index (κ3) is 4.63. The van der Waals surface area contributed by atoms with Crippen LogP contribution in [0.1, 0.15) is 28.4 Å². The van der Waals surface area contributed by atoms with E-state index >= 15 is 0 Å². The van der Waals surface area contributed by atoms with E-state index in [1.54, 1.807) is 43.3 Å². The van der Waals surface area contributed by atoms with Gasteiger partial charge in [-0.3, -0.25) is 4.99 Å². The average molecular weight is 371 g/mol. The van der Waals surface area contributed by atoms with Crippen LogP contribution < -0.4 is 9.47 Å². The summed E-state index contributed by atoms with van der Waals surface area (Å²) in [6, 6.07) is 10.3. The van der Waals surface area contributed by atoms with E-state index < -0.39 is 18.0 Å². The van der Waals surface area contributed by atoms with Crippen molar-refractivity contribution in [3.8, 4) is 11.5 Å². The van der Waals surface area contributed by atoms with E-state index in [0.29, 0.717) is 28.1 Å². The maximum absolute atomic E-state index is 11.8. The number of carboxylic acids is 1. The first-order chi connectivity index (χ1) is 12.9. The summed E-state index contributed by atoms with van der Waals surface area (Å²) in [7, 11) is 2.79. The molecule has 0 amide bonds. The number of carbonyl (C=O) groups excluding carboxylic acids is 1. The summed E-state index contributed by atoms with van der Waals surface area (Å²) in [6.45, 7) is 3.20. The number of hydrogen-bond acceptors (Lipinski definition) is 6. The van der Waals surface area contributed by atoms with Crippen LogP contribution in [0.25, 0.3) is 0 Å². The van der Waals surface area contributed by atoms with Crippen LogP contribution in [-0.4, -0.2) is 43.6 Å². The topological polar surface area (TPSA) is 94.4 Å². The molecule has 1 atom stereocenters. The lowest BCUT2D eigenvalue weighted by Gasteiger charge is -2.15. The van der Waals surface area contributed by atoms with Gasteiger partial charge in [0.25, 0.3) is 0 Å². The number of hydrogen-bond donors (Lipinski definition) is 1. The van der Waals surface area contributed by atoms with Crippen molar-refractivity contribution in [1.29, 1.82) is 0 Å². The van der Waals surface area contributed by atoms with E-state index in [1.807, 2.05) is 0 Å². The summed E-state index contributed by atoms with van der Waals surface area (Å²) in [5.74, 6) is -0.858. The van der Waals surface area contributed by atoms with Crippen LogP contribution in [0, 0.1) is 6.92 Å². The minimum Gasteiger partial charge on any atom is -0.493 e. The normalized spacial score (nSPS) is 11.9. The number of benzene rings is 2. The zero-order valence-electron chi connectivity index (χ0n) is 15.6. The van der Waals surface area contributed by atoms with E-state index in [9.17, 15) is 9.59 Å². The zero-order chi connectivity index (χ0) is 20.0. The molecular weight excluding hydrogens is 350 g/mol. The summed E-state index contributed by atoms with van der Waals surface area (Å²) >= 11 is 0. The Bertz CT molecular complexity index is 875. The SMILES string of the molecule is COC(=O)c1cccc(N=Cc2cccc(OC)c2O[C@H](C)C(=O)O)c1C. The molecule has 0 unspecified atom stereocenters. The fourth-order valence-corrected chi connectivity index (χ4v) is 2.38. The molecular formula is C20H21NO6. The maximum Gasteiger partial charge on any atom is 0.344 e. The summed E-state index contributed by atoms with van der Waals surface area (Å²) < 4.78 is 15.6. The third-order valence-electron chi connectivity index (χ3n) is 3.92. The van der Waals surface area contributed by atoms with Gasteiger partial charge in [0.1, 0.15) is 0 Å². The Morgan fingerprint density at radius 3 is 2.48 bits per heavy atom. The van der Waals surface area contributed by atoms with Gasteiger partial charge in [-0.15, -0.1) is 0 Å². The molecule has 2 aromatic carbocycles. The highest BCUT2D eigenvalue weighted by molar-refractivity contribution is 5.93. The number of carboxylic acid groups (broad SMARTS) is 1. The van der Waals surface area contributed by atoms with Gasteiger partial charge in [-0.05, 0) is 43.7 Å². The highest BCUT2D eigenvalue weighted by Gasteiger charge is 2.18. The lowest BCUT2D eigenvalue weighted by molar-refractivity contribution is -0.144. The van der Waals surface area contributed by atoms with E-state index in [-0.39, 0.29) is 5.75 Å². The largest absolute Gasteiger partial charge is 0.493 e. The second-order valence-electron chi connectivity index (χ2n) is 5.68. The summed E-state index contributed by atoms with van der Waals surface area (Å²) in [6.07, 6.45) is 0.480. The molecule has 0 aliphatic rings. The van der Waals surface area contributed by atoms with Crippen molar-refractivity contribution in [2.75, 3.05) is 14.2 Å². The van der Waals surface area contributed by atoms with Gasteiger partial charge >= 0.3 is 11.9 Å². The molecule has 1 N–H and O–H groups in total. The number of esters is 1. The molecule has 27 heavy (non-hydrogen) atoms. The molecule has 0 aromatic heterocycles. The molecule has 0 heterocycles. The van der Waals surface area contributed by atoms with Crippen molar-refractivity contribution in [3.63, 3.8) is 0 Å². The fourth-order valence-electron chi connectivity index (χ4n) is 2.38. The quantitative estimate of drug-likeness (QED) is 0.592. The van der Waals surface area contributed by atoms with E-state index in [1.165, 1.54) is 27.4 Å². The zero-order valence-corrected chi connectivity index (χ0v) is 15.6. The van der Waals surface area contributed by atoms with Crippen molar-refractivity contribution in [3.05, 3.63) is 53.1 Å². The molecule has 7 nitrogen and oxygen atoms in total. The van der Waals surface area contributed by atoms with E-state index in [0.717, 1.165) is 0 Å². The third-order valence-corrected chi connectivity index (χ3v) is 3.92. The van der Waals surface area contributed by atoms with Gasteiger partial charge in [-0.25, -0.2) is 9.59 Å². The number of aliphatic carboxylic acids is 1. The Labute approximate surface area is 157 Å². The molecule has 0 radical (unpaired) electrons. The van der Waals surface area contributed by atoms with Gasteiger partial charge < -0.3 is 19.3 Å². The molecule has 142 valence electrons. The molecule has 0 saturated carbocycles.